The summed E-state index contributed by atoms with van der Waals surface area (Å²) >= 11 is 0. The number of aliphatic imine (C=N–C) groups is 1. The molecule has 0 radical (unpaired) electrons. The molecule has 0 aliphatic rings. The van der Waals surface area contributed by atoms with E-state index in [0.29, 0.717) is 23.8 Å². The molecule has 0 bridgehead atoms. The Bertz CT molecular complexity index is 1060. The quantitative estimate of drug-likeness (QED) is 0.448. The molecular formula is C23H23N5O2. The molecule has 0 spiro atoms. The number of carbonyl (C=O) groups excluding carboxylic acids is 2. The minimum absolute atomic E-state index is 0.202. The number of aromatic nitrogens is 1. The number of guanidine groups is 1. The monoisotopic (exact) mass is 401 g/mol. The van der Waals surface area contributed by atoms with Gasteiger partial charge in [-0.25, -0.2) is 4.99 Å². The summed E-state index contributed by atoms with van der Waals surface area (Å²) in [7, 11) is 0. The first-order valence-corrected chi connectivity index (χ1v) is 9.47. The lowest BCUT2D eigenvalue weighted by Gasteiger charge is -2.14. The van der Waals surface area contributed by atoms with E-state index in [0.717, 1.165) is 16.9 Å². The Morgan fingerprint density at radius 2 is 1.77 bits per heavy atom. The van der Waals surface area contributed by atoms with Crippen molar-refractivity contribution in [3.63, 3.8) is 0 Å². The number of anilines is 2. The van der Waals surface area contributed by atoms with Gasteiger partial charge in [-0.1, -0.05) is 30.3 Å². The number of hydrogen-bond acceptors (Lipinski definition) is 4. The molecule has 0 unspecified atom stereocenters. The number of nitrogens with zero attached hydrogens (tertiary/aromatic N) is 2. The van der Waals surface area contributed by atoms with Crippen molar-refractivity contribution in [2.45, 2.75) is 20.4 Å². The molecule has 3 N–H and O–H groups in total. The fourth-order valence-electron chi connectivity index (χ4n) is 2.72. The van der Waals surface area contributed by atoms with Gasteiger partial charge in [-0.2, -0.15) is 0 Å². The zero-order valence-corrected chi connectivity index (χ0v) is 16.8. The highest BCUT2D eigenvalue weighted by atomic mass is 16.2. The van der Waals surface area contributed by atoms with Crippen LogP contribution in [0.4, 0.5) is 11.4 Å². The van der Waals surface area contributed by atoms with E-state index in [2.05, 4.69) is 25.9 Å². The van der Waals surface area contributed by atoms with E-state index in [1.807, 2.05) is 49.4 Å². The minimum Gasteiger partial charge on any atom is -0.326 e. The maximum Gasteiger partial charge on any atom is 0.258 e. The average molecular weight is 401 g/mol. The number of nitrogens with one attached hydrogen (secondary N) is 3. The van der Waals surface area contributed by atoms with Crippen molar-refractivity contribution in [2.75, 3.05) is 10.6 Å². The van der Waals surface area contributed by atoms with Crippen molar-refractivity contribution < 1.29 is 9.59 Å². The largest absolute Gasteiger partial charge is 0.326 e. The molecule has 152 valence electrons. The maximum absolute atomic E-state index is 12.8. The highest BCUT2D eigenvalue weighted by Gasteiger charge is 2.11. The number of carbonyl (C=O) groups is 2. The van der Waals surface area contributed by atoms with Gasteiger partial charge in [-0.3, -0.25) is 19.9 Å². The first kappa shape index (κ1) is 20.7. The molecule has 0 atom stereocenters. The Morgan fingerprint density at radius 1 is 0.967 bits per heavy atom. The van der Waals surface area contributed by atoms with Gasteiger partial charge in [0.05, 0.1) is 12.2 Å². The summed E-state index contributed by atoms with van der Waals surface area (Å²) in [5, 5.41) is 8.68. The van der Waals surface area contributed by atoms with Crippen molar-refractivity contribution in [1.82, 2.24) is 10.3 Å². The summed E-state index contributed by atoms with van der Waals surface area (Å²) < 4.78 is 0. The van der Waals surface area contributed by atoms with E-state index in [4.69, 9.17) is 0 Å². The maximum atomic E-state index is 12.8. The zero-order chi connectivity index (χ0) is 21.3. The highest BCUT2D eigenvalue weighted by Crippen LogP contribution is 2.14. The third kappa shape index (κ3) is 6.00. The predicted molar refractivity (Wildman–Crippen MR) is 118 cm³/mol. The normalized spacial score (nSPS) is 10.9. The van der Waals surface area contributed by atoms with Crippen LogP contribution in [0.3, 0.4) is 0 Å². The topological polar surface area (TPSA) is 95.5 Å². The summed E-state index contributed by atoms with van der Waals surface area (Å²) in [4.78, 5) is 32.9. The molecule has 30 heavy (non-hydrogen) atoms. The Kier molecular flexibility index (Phi) is 6.89. The van der Waals surface area contributed by atoms with Crippen LogP contribution < -0.4 is 16.0 Å². The van der Waals surface area contributed by atoms with Crippen LogP contribution in [0.5, 0.6) is 0 Å². The van der Waals surface area contributed by atoms with E-state index in [1.165, 1.54) is 6.92 Å². The molecule has 3 aromatic rings. The molecule has 0 saturated carbocycles. The van der Waals surface area contributed by atoms with Gasteiger partial charge in [-0.15, -0.1) is 0 Å². The minimum atomic E-state index is -0.344. The van der Waals surface area contributed by atoms with Gasteiger partial charge in [0.1, 0.15) is 0 Å². The Hall–Kier alpha value is -4.00. The van der Waals surface area contributed by atoms with Crippen molar-refractivity contribution in [3.8, 4) is 0 Å². The molecule has 2 aromatic carbocycles. The van der Waals surface area contributed by atoms with Crippen LogP contribution in [0.1, 0.15) is 28.5 Å². The summed E-state index contributed by atoms with van der Waals surface area (Å²) in [6.07, 6.45) is 1.70. The number of pyridine rings is 1. The number of rotatable bonds is 5. The van der Waals surface area contributed by atoms with E-state index in [-0.39, 0.29) is 11.8 Å². The second kappa shape index (κ2) is 9.97. The molecule has 0 aliphatic carbocycles. The van der Waals surface area contributed by atoms with Gasteiger partial charge in [0, 0.05) is 30.1 Å². The Balaban J connectivity index is 1.81. The van der Waals surface area contributed by atoms with Crippen LogP contribution >= 0.6 is 0 Å². The van der Waals surface area contributed by atoms with Crippen LogP contribution in [-0.4, -0.2) is 22.8 Å². The molecule has 7 heteroatoms. The van der Waals surface area contributed by atoms with Gasteiger partial charge >= 0.3 is 0 Å². The third-order valence-corrected chi connectivity index (χ3v) is 4.20. The molecule has 0 saturated heterocycles. The second-order valence-electron chi connectivity index (χ2n) is 6.64. The van der Waals surface area contributed by atoms with Gasteiger partial charge in [0.2, 0.25) is 11.9 Å². The van der Waals surface area contributed by atoms with Crippen molar-refractivity contribution in [1.29, 1.82) is 0 Å². The lowest BCUT2D eigenvalue weighted by atomic mass is 10.2. The standard InChI is InChI=1S/C23H23N5O2/c1-16-8-3-4-12-21(16)27-23(25-15-20-10-5-6-13-24-20)28-22(30)18-9-7-11-19(14-18)26-17(2)29/h3-14H,15H2,1-2H3,(H,26,29)(H2,25,27,28,30). The number of amides is 2. The van der Waals surface area contributed by atoms with Crippen LogP contribution in [0.15, 0.2) is 77.9 Å². The van der Waals surface area contributed by atoms with E-state index >= 15 is 0 Å². The van der Waals surface area contributed by atoms with Crippen molar-refractivity contribution >= 4 is 29.1 Å². The smallest absolute Gasteiger partial charge is 0.258 e. The van der Waals surface area contributed by atoms with Gasteiger partial charge in [0.15, 0.2) is 0 Å². The number of aryl methyl sites for hydroxylation is 1. The van der Waals surface area contributed by atoms with E-state index in [9.17, 15) is 9.59 Å². The molecule has 0 fully saturated rings. The fourth-order valence-corrected chi connectivity index (χ4v) is 2.72. The first-order valence-electron chi connectivity index (χ1n) is 9.47. The fraction of sp³-hybridized carbons (Fsp3) is 0.130. The Labute approximate surface area is 175 Å². The number of para-hydroxylation sites is 1. The van der Waals surface area contributed by atoms with Gasteiger partial charge in [-0.05, 0) is 48.9 Å². The van der Waals surface area contributed by atoms with Gasteiger partial charge in [0.25, 0.3) is 5.91 Å². The summed E-state index contributed by atoms with van der Waals surface area (Å²) in [5.74, 6) is -0.237. The van der Waals surface area contributed by atoms with Gasteiger partial charge < -0.3 is 10.6 Å². The summed E-state index contributed by atoms with van der Waals surface area (Å²) in [6.45, 7) is 3.69. The molecule has 3 rings (SSSR count). The number of hydrogen-bond donors (Lipinski definition) is 3. The molecule has 7 nitrogen and oxygen atoms in total. The lowest BCUT2D eigenvalue weighted by molar-refractivity contribution is -0.114. The summed E-state index contributed by atoms with van der Waals surface area (Å²) in [6, 6.07) is 20.0. The van der Waals surface area contributed by atoms with E-state index in [1.54, 1.807) is 30.5 Å². The SMILES string of the molecule is CC(=O)Nc1cccc(C(=O)NC(=NCc2ccccn2)Nc2ccccc2C)c1. The van der Waals surface area contributed by atoms with Crippen molar-refractivity contribution in [3.05, 3.63) is 89.7 Å². The highest BCUT2D eigenvalue weighted by molar-refractivity contribution is 6.10. The predicted octanol–water partition coefficient (Wildman–Crippen LogP) is 3.75. The third-order valence-electron chi connectivity index (χ3n) is 4.20. The first-order chi connectivity index (χ1) is 14.5. The molecule has 2 amide bonds. The zero-order valence-electron chi connectivity index (χ0n) is 16.8. The Morgan fingerprint density at radius 3 is 2.50 bits per heavy atom. The molecule has 1 aromatic heterocycles. The van der Waals surface area contributed by atoms with E-state index < -0.39 is 0 Å². The second-order valence-corrected chi connectivity index (χ2v) is 6.64. The number of benzene rings is 2. The average Bonchev–Trinajstić information content (AvgIpc) is 2.74. The van der Waals surface area contributed by atoms with Crippen LogP contribution in [0, 0.1) is 6.92 Å². The summed E-state index contributed by atoms with van der Waals surface area (Å²) in [5.41, 5.74) is 3.59. The van der Waals surface area contributed by atoms with Crippen LogP contribution in [0.2, 0.25) is 0 Å². The lowest BCUT2D eigenvalue weighted by Crippen LogP contribution is -2.36. The molecule has 0 aliphatic heterocycles. The molecular weight excluding hydrogens is 378 g/mol. The molecule has 1 heterocycles. The van der Waals surface area contributed by atoms with Crippen LogP contribution in [-0.2, 0) is 11.3 Å². The van der Waals surface area contributed by atoms with Crippen LogP contribution in [0.25, 0.3) is 0 Å². The van der Waals surface area contributed by atoms with Crippen molar-refractivity contribution in [2.24, 2.45) is 4.99 Å².